The van der Waals surface area contributed by atoms with E-state index in [1.165, 1.54) is 0 Å². The van der Waals surface area contributed by atoms with Crippen LogP contribution in [-0.4, -0.2) is 0 Å². The van der Waals surface area contributed by atoms with E-state index in [1.807, 2.05) is 0 Å². The topological polar surface area (TPSA) is 152 Å². The van der Waals surface area contributed by atoms with Crippen molar-refractivity contribution in [3.05, 3.63) is 30.8 Å². The molecule has 11 heteroatoms. The van der Waals surface area contributed by atoms with Crippen LogP contribution in [-0.2, 0) is 117 Å². The summed E-state index contributed by atoms with van der Waals surface area (Å²) in [4.78, 5) is 0. The number of hydrogen-bond acceptors (Lipinski definition) is 0. The van der Waals surface area contributed by atoms with Gasteiger partial charge in [0.15, 0.2) is 0 Å². The smallest absolute Gasteiger partial charge is 3.00 e. The Hall–Kier alpha value is 3.54. The van der Waals surface area contributed by atoms with Gasteiger partial charge in [-0.15, -0.1) is 0 Å². The van der Waals surface area contributed by atoms with Gasteiger partial charge >= 0.3 is 67.1 Å². The zero-order chi connectivity index (χ0) is 0. The first kappa shape index (κ1) is 213. The zero-order valence-corrected chi connectivity index (χ0v) is 17.3. The third-order valence-electron chi connectivity index (χ3n) is 0. The summed E-state index contributed by atoms with van der Waals surface area (Å²) < 4.78 is 0. The summed E-state index contributed by atoms with van der Waals surface area (Å²) in [7, 11) is 0. The van der Waals surface area contributed by atoms with Gasteiger partial charge in [0.2, 0.25) is 0 Å². The van der Waals surface area contributed by atoms with Crippen molar-refractivity contribution in [2.75, 3.05) is 0 Å². The predicted octanol–water partition coefficient (Wildman–Crippen LogP) is 1.43. The van der Waals surface area contributed by atoms with Gasteiger partial charge in [0.1, 0.15) is 0 Å². The Kier molecular flexibility index (Phi) is 3280. The quantitative estimate of drug-likeness (QED) is 0.349. The van der Waals surface area contributed by atoms with Crippen LogP contribution in [0, 0.1) is 0 Å². The predicted molar refractivity (Wildman–Crippen MR) is 16.8 cm³/mol. The van der Waals surface area contributed by atoms with E-state index in [1.54, 1.807) is 0 Å². The molecule has 5 nitrogen and oxygen atoms in total. The maximum Gasteiger partial charge on any atom is 5.00 e. The van der Waals surface area contributed by atoms with Gasteiger partial charge in [-0.1, -0.05) is 0 Å². The molecule has 0 rings (SSSR count). The van der Waals surface area contributed by atoms with Crippen LogP contribution < -0.4 is 0 Å². The molecular formula is Co3N5Ta3. The zero-order valence-electron chi connectivity index (χ0n) is 4.58. The summed E-state index contributed by atoms with van der Waals surface area (Å²) in [5.74, 6) is 0. The molecule has 0 heterocycles. The van der Waals surface area contributed by atoms with Crippen LogP contribution in [0.3, 0.4) is 0 Å². The second-order valence-corrected chi connectivity index (χ2v) is 0. The van der Waals surface area contributed by atoms with Crippen molar-refractivity contribution in [1.82, 2.24) is 0 Å². The Morgan fingerprint density at radius 2 is 0.273 bits per heavy atom. The van der Waals surface area contributed by atoms with Crippen LogP contribution in [0.1, 0.15) is 0 Å². The van der Waals surface area contributed by atoms with Crippen molar-refractivity contribution >= 4 is 0 Å². The molecule has 0 aliphatic rings. The summed E-state index contributed by atoms with van der Waals surface area (Å²) in [6.07, 6.45) is 0. The van der Waals surface area contributed by atoms with Gasteiger partial charge < -0.3 is 30.8 Å². The summed E-state index contributed by atoms with van der Waals surface area (Å²) in [5, 5.41) is 0. The number of rotatable bonds is 0. The van der Waals surface area contributed by atoms with Crippen molar-refractivity contribution in [2.45, 2.75) is 0 Å². The SMILES string of the molecule is [Co].[Co].[Co].[N-3].[N-3].[N-3].[N-3].[N-3].[Ta+5].[Ta+5].[Ta+5]. The van der Waals surface area contributed by atoms with E-state index in [0.717, 1.165) is 0 Å². The Labute approximate surface area is 146 Å². The van der Waals surface area contributed by atoms with E-state index in [9.17, 15) is 0 Å². The normalized spacial score (nSPS) is 0. The van der Waals surface area contributed by atoms with Gasteiger partial charge in [-0.3, -0.25) is 0 Å². The second-order valence-electron chi connectivity index (χ2n) is 0. The Balaban J connectivity index is 0. The summed E-state index contributed by atoms with van der Waals surface area (Å²) in [6.45, 7) is 0. The van der Waals surface area contributed by atoms with E-state index in [4.69, 9.17) is 0 Å². The molecule has 0 aromatic heterocycles. The van der Waals surface area contributed by atoms with Gasteiger partial charge in [-0.2, -0.15) is 0 Å². The van der Waals surface area contributed by atoms with E-state index in [0.29, 0.717) is 0 Å². The van der Waals surface area contributed by atoms with Crippen LogP contribution in [0.2, 0.25) is 0 Å². The first-order chi connectivity index (χ1) is 0. The maximum absolute atomic E-state index is 0. The Bertz CT molecular complexity index is 16.9. The molecule has 0 saturated heterocycles. The molecule has 0 atom stereocenters. The first-order valence-electron chi connectivity index (χ1n) is 0. The van der Waals surface area contributed by atoms with E-state index < -0.39 is 0 Å². The second kappa shape index (κ2) is 170. The van der Waals surface area contributed by atoms with Gasteiger partial charge in [-0.05, 0) is 0 Å². The summed E-state index contributed by atoms with van der Waals surface area (Å²) in [6, 6.07) is 0. The molecule has 0 fully saturated rings. The molecule has 0 unspecified atom stereocenters. The van der Waals surface area contributed by atoms with Gasteiger partial charge in [0.05, 0.1) is 0 Å². The third kappa shape index (κ3) is 144. The van der Waals surface area contributed by atoms with Crippen molar-refractivity contribution < 1.29 is 117 Å². The van der Waals surface area contributed by atoms with Crippen molar-refractivity contribution in [2.24, 2.45) is 0 Å². The van der Waals surface area contributed by atoms with Crippen LogP contribution in [0.4, 0.5) is 0 Å². The van der Waals surface area contributed by atoms with Gasteiger partial charge in [-0.25, -0.2) is 0 Å². The molecule has 0 saturated carbocycles. The van der Waals surface area contributed by atoms with Crippen LogP contribution >= 0.6 is 0 Å². The third-order valence-corrected chi connectivity index (χ3v) is 0. The fraction of sp³-hybridized carbons (Fsp3) is 0. The Morgan fingerprint density at radius 1 is 0.273 bits per heavy atom. The molecule has 0 aromatic rings. The van der Waals surface area contributed by atoms with Gasteiger partial charge in [0, 0.05) is 50.3 Å². The van der Waals surface area contributed by atoms with E-state index in [2.05, 4.69) is 0 Å². The average Bonchev–Trinajstić information content (AvgIpc) is 0. The molecule has 0 aliphatic heterocycles. The fourth-order valence-electron chi connectivity index (χ4n) is 0. The molecular weight excluding hydrogens is 790 g/mol. The van der Waals surface area contributed by atoms with E-state index >= 15 is 0 Å². The molecule has 11 heavy (non-hydrogen) atoms. The maximum atomic E-state index is 0. The molecule has 0 spiro atoms. The largest absolute Gasteiger partial charge is 5.00 e. The Morgan fingerprint density at radius 3 is 0.273 bits per heavy atom. The summed E-state index contributed by atoms with van der Waals surface area (Å²) >= 11 is 0. The van der Waals surface area contributed by atoms with E-state index in [-0.39, 0.29) is 148 Å². The number of nitrogens with zero attached hydrogens (tertiary/aromatic N) is 5. The van der Waals surface area contributed by atoms with Crippen molar-refractivity contribution in [1.29, 1.82) is 0 Å². The minimum atomic E-state index is 0. The summed E-state index contributed by atoms with van der Waals surface area (Å²) in [5.41, 5.74) is 0. The standard InChI is InChI=1S/3Co.5N.3Ta/q;;;5*-3;3*+5. The number of hydrogen-bond donors (Lipinski definition) is 0. The van der Waals surface area contributed by atoms with Crippen LogP contribution in [0.5, 0.6) is 0 Å². The van der Waals surface area contributed by atoms with Crippen molar-refractivity contribution in [3.8, 4) is 0 Å². The van der Waals surface area contributed by atoms with Crippen molar-refractivity contribution in [3.63, 3.8) is 0 Å². The molecule has 0 bridgehead atoms. The minimum Gasteiger partial charge on any atom is -3.00 e. The fourth-order valence-corrected chi connectivity index (χ4v) is 0. The average molecular weight is 790 g/mol. The molecule has 0 aromatic carbocycles. The molecule has 3 radical (unpaired) electrons. The monoisotopic (exact) mass is 790 g/mol. The van der Waals surface area contributed by atoms with Crippen LogP contribution in [0.15, 0.2) is 0 Å². The molecule has 0 N–H and O–H groups in total. The van der Waals surface area contributed by atoms with Crippen LogP contribution in [0.25, 0.3) is 30.8 Å². The van der Waals surface area contributed by atoms with Gasteiger partial charge in [0.25, 0.3) is 0 Å². The first-order valence-corrected chi connectivity index (χ1v) is 0. The minimum absolute atomic E-state index is 0. The molecule has 0 amide bonds. The molecule has 0 aliphatic carbocycles. The molecule has 67 valence electrons.